The zero-order valence-electron chi connectivity index (χ0n) is 36.1. The van der Waals surface area contributed by atoms with Crippen LogP contribution in [-0.4, -0.2) is 15.0 Å². The van der Waals surface area contributed by atoms with Crippen molar-refractivity contribution in [3.63, 3.8) is 0 Å². The molecule has 1 spiro atoms. The van der Waals surface area contributed by atoms with E-state index < -0.39 is 5.41 Å². The van der Waals surface area contributed by atoms with E-state index in [0.717, 1.165) is 61.7 Å². The molecule has 0 saturated heterocycles. The summed E-state index contributed by atoms with van der Waals surface area (Å²) in [7, 11) is 0. The first kappa shape index (κ1) is 38.9. The molecule has 64 heavy (non-hydrogen) atoms. The van der Waals surface area contributed by atoms with E-state index in [2.05, 4.69) is 184 Å². The quantitative estimate of drug-likeness (QED) is 0.143. The molecule has 0 aliphatic heterocycles. The summed E-state index contributed by atoms with van der Waals surface area (Å²) in [5, 5.41) is 2.22. The minimum Gasteiger partial charge on any atom is -0.456 e. The number of hydrogen-bond donors (Lipinski definition) is 0. The number of furan rings is 1. The maximum atomic E-state index is 6.21. The third kappa shape index (κ3) is 5.94. The van der Waals surface area contributed by atoms with Crippen molar-refractivity contribution in [2.24, 2.45) is 0 Å². The van der Waals surface area contributed by atoms with Crippen LogP contribution in [0, 0.1) is 0 Å². The van der Waals surface area contributed by atoms with Gasteiger partial charge in [-0.25, -0.2) is 15.0 Å². The van der Waals surface area contributed by atoms with Gasteiger partial charge >= 0.3 is 0 Å². The Hall–Kier alpha value is -7.95. The molecule has 2 aromatic heterocycles. The zero-order chi connectivity index (χ0) is 43.4. The highest BCUT2D eigenvalue weighted by molar-refractivity contribution is 6.12. The van der Waals surface area contributed by atoms with E-state index in [1.54, 1.807) is 0 Å². The number of nitrogens with zero attached hydrogens (tertiary/aromatic N) is 3. The van der Waals surface area contributed by atoms with Crippen molar-refractivity contribution in [2.75, 3.05) is 0 Å². The van der Waals surface area contributed by atoms with Crippen molar-refractivity contribution in [3.05, 3.63) is 234 Å². The van der Waals surface area contributed by atoms with Gasteiger partial charge in [0.25, 0.3) is 0 Å². The molecule has 0 amide bonds. The molecule has 0 atom stereocenters. The first-order valence-corrected chi connectivity index (χ1v) is 22.1. The maximum Gasteiger partial charge on any atom is 0.164 e. The van der Waals surface area contributed by atoms with E-state index in [1.165, 1.54) is 50.1 Å². The van der Waals surface area contributed by atoms with Gasteiger partial charge in [0.1, 0.15) is 11.2 Å². The fourth-order valence-electron chi connectivity index (χ4n) is 10.4. The molecule has 0 unspecified atom stereocenters. The molecule has 2 aliphatic rings. The SMILES string of the molecule is C=C/C=C1\C(=C/C)C2(c3ccccc3-c3ccccc32)c2c1cccc2-c1ccc(-c2nc(C(/C=C\C)=C/CC)nc(-c3ccc(-c4cccc5oc6ccccc6c45)cc3)n2)cc1. The Morgan fingerprint density at radius 2 is 1.12 bits per heavy atom. The monoisotopic (exact) mass is 823 g/mol. The number of aromatic nitrogens is 3. The Labute approximate surface area is 374 Å². The summed E-state index contributed by atoms with van der Waals surface area (Å²) in [5.41, 5.74) is 18.8. The van der Waals surface area contributed by atoms with Crippen LogP contribution in [0.15, 0.2) is 211 Å². The van der Waals surface area contributed by atoms with Gasteiger partial charge in [-0.2, -0.15) is 0 Å². The molecule has 7 aromatic carbocycles. The van der Waals surface area contributed by atoms with Crippen LogP contribution in [0.3, 0.4) is 0 Å². The molecule has 2 aliphatic carbocycles. The highest BCUT2D eigenvalue weighted by Crippen LogP contribution is 2.65. The Kier molecular flexibility index (Phi) is 9.58. The van der Waals surface area contributed by atoms with Crippen LogP contribution in [0.1, 0.15) is 55.3 Å². The second kappa shape index (κ2) is 15.7. The minimum absolute atomic E-state index is 0.484. The van der Waals surface area contributed by atoms with Gasteiger partial charge < -0.3 is 4.42 Å². The summed E-state index contributed by atoms with van der Waals surface area (Å²) in [5.74, 6) is 1.89. The van der Waals surface area contributed by atoms with Crippen LogP contribution in [0.5, 0.6) is 0 Å². The Balaban J connectivity index is 1.03. The van der Waals surface area contributed by atoms with Crippen molar-refractivity contribution in [2.45, 2.75) is 32.6 Å². The largest absolute Gasteiger partial charge is 0.456 e. The summed E-state index contributed by atoms with van der Waals surface area (Å²) in [4.78, 5) is 15.4. The van der Waals surface area contributed by atoms with Gasteiger partial charge in [0, 0.05) is 27.5 Å². The molecule has 11 rings (SSSR count). The minimum atomic E-state index is -0.484. The lowest BCUT2D eigenvalue weighted by molar-refractivity contribution is 0.669. The normalized spacial score (nSPS) is 15.1. The highest BCUT2D eigenvalue weighted by atomic mass is 16.3. The first-order valence-electron chi connectivity index (χ1n) is 22.1. The Bertz CT molecular complexity index is 3400. The third-order valence-corrected chi connectivity index (χ3v) is 12.9. The van der Waals surface area contributed by atoms with Gasteiger partial charge in [-0.15, -0.1) is 0 Å². The van der Waals surface area contributed by atoms with Crippen LogP contribution in [-0.2, 0) is 5.41 Å². The fraction of sp³-hybridized carbons (Fsp3) is 0.0833. The molecule has 4 nitrogen and oxygen atoms in total. The molecule has 0 saturated carbocycles. The molecule has 0 fully saturated rings. The van der Waals surface area contributed by atoms with Gasteiger partial charge in [-0.1, -0.05) is 196 Å². The Morgan fingerprint density at radius 3 is 1.77 bits per heavy atom. The lowest BCUT2D eigenvalue weighted by Crippen LogP contribution is -2.26. The number of para-hydroxylation sites is 1. The van der Waals surface area contributed by atoms with Crippen molar-refractivity contribution < 1.29 is 4.42 Å². The molecule has 0 radical (unpaired) electrons. The molecular formula is C60H45N3O. The average molecular weight is 824 g/mol. The number of benzene rings is 7. The third-order valence-electron chi connectivity index (χ3n) is 12.9. The van der Waals surface area contributed by atoms with Gasteiger partial charge in [-0.3, -0.25) is 0 Å². The van der Waals surface area contributed by atoms with Gasteiger partial charge in [0.15, 0.2) is 17.5 Å². The summed E-state index contributed by atoms with van der Waals surface area (Å²) in [6, 6.07) is 56.4. The molecule has 306 valence electrons. The van der Waals surface area contributed by atoms with E-state index in [1.807, 2.05) is 37.3 Å². The van der Waals surface area contributed by atoms with Gasteiger partial charge in [-0.05, 0) is 99.2 Å². The second-order valence-corrected chi connectivity index (χ2v) is 16.4. The van der Waals surface area contributed by atoms with Gasteiger partial charge in [0.2, 0.25) is 0 Å². The molecular weight excluding hydrogens is 779 g/mol. The van der Waals surface area contributed by atoms with Crippen LogP contribution >= 0.6 is 0 Å². The van der Waals surface area contributed by atoms with E-state index in [0.29, 0.717) is 17.5 Å². The van der Waals surface area contributed by atoms with Crippen LogP contribution < -0.4 is 0 Å². The van der Waals surface area contributed by atoms with Crippen LogP contribution in [0.25, 0.3) is 89.2 Å². The second-order valence-electron chi connectivity index (χ2n) is 16.4. The number of rotatable bonds is 8. The molecule has 0 N–H and O–H groups in total. The summed E-state index contributed by atoms with van der Waals surface area (Å²) >= 11 is 0. The summed E-state index contributed by atoms with van der Waals surface area (Å²) in [6.07, 6.45) is 13.5. The fourth-order valence-corrected chi connectivity index (χ4v) is 10.4. The van der Waals surface area contributed by atoms with E-state index in [9.17, 15) is 0 Å². The lowest BCUT2D eigenvalue weighted by Gasteiger charge is -2.32. The smallest absolute Gasteiger partial charge is 0.164 e. The lowest BCUT2D eigenvalue weighted by atomic mass is 9.68. The average Bonchev–Trinajstić information content (AvgIpc) is 3.98. The van der Waals surface area contributed by atoms with Crippen LogP contribution in [0.4, 0.5) is 0 Å². The van der Waals surface area contributed by atoms with E-state index in [-0.39, 0.29) is 0 Å². The van der Waals surface area contributed by atoms with Crippen molar-refractivity contribution in [3.8, 4) is 56.2 Å². The topological polar surface area (TPSA) is 51.8 Å². The molecule has 4 heteroatoms. The maximum absolute atomic E-state index is 6.21. The van der Waals surface area contributed by atoms with Crippen molar-refractivity contribution >= 4 is 33.1 Å². The number of allylic oxidation sites excluding steroid dienone is 9. The highest BCUT2D eigenvalue weighted by Gasteiger charge is 2.54. The van der Waals surface area contributed by atoms with Gasteiger partial charge in [0.05, 0.1) is 5.41 Å². The number of hydrogen-bond acceptors (Lipinski definition) is 4. The molecule has 9 aromatic rings. The number of fused-ring (bicyclic) bond motifs is 10. The van der Waals surface area contributed by atoms with Crippen molar-refractivity contribution in [1.82, 2.24) is 15.0 Å². The zero-order valence-corrected chi connectivity index (χ0v) is 36.1. The van der Waals surface area contributed by atoms with Crippen molar-refractivity contribution in [1.29, 1.82) is 0 Å². The Morgan fingerprint density at radius 1 is 0.578 bits per heavy atom. The predicted molar refractivity (Wildman–Crippen MR) is 266 cm³/mol. The molecule has 0 bridgehead atoms. The standard InChI is InChI=1S/C60H45N3O/c1-5-17-40(18-6-2)57-61-58(41-34-30-38(31-35-41)43-23-16-29-54-55(43)49-22-11-14-28-53(49)64-54)63-59(62-57)42-36-32-39(33-37-42)44-24-15-25-48-45(19-7-3)50(8-4)60(56(44)48)51-26-12-9-20-46(51)47-21-10-13-27-52(47)60/h5,7-37H,3,6H2,1-2,4H3/b17-5-,40-18+,45-19-,50-8+. The van der Waals surface area contributed by atoms with E-state index in [4.69, 9.17) is 19.4 Å². The summed E-state index contributed by atoms with van der Waals surface area (Å²) < 4.78 is 6.21. The van der Waals surface area contributed by atoms with Crippen LogP contribution in [0.2, 0.25) is 0 Å². The molecule has 2 heterocycles. The van der Waals surface area contributed by atoms with E-state index >= 15 is 0 Å². The predicted octanol–water partition coefficient (Wildman–Crippen LogP) is 15.7. The summed E-state index contributed by atoms with van der Waals surface area (Å²) in [6.45, 7) is 10.5. The first-order chi connectivity index (χ1) is 31.6.